The van der Waals surface area contributed by atoms with Gasteiger partial charge in [-0.1, -0.05) is 44.2 Å². The minimum Gasteiger partial charge on any atom is -0.497 e. The number of benzene rings is 1. The first kappa shape index (κ1) is 19.6. The van der Waals surface area contributed by atoms with Crippen molar-refractivity contribution in [3.8, 4) is 17.0 Å². The second-order valence-corrected chi connectivity index (χ2v) is 8.30. The topological polar surface area (TPSA) is 72.7 Å². The van der Waals surface area contributed by atoms with Gasteiger partial charge >= 0.3 is 0 Å². The third-order valence-electron chi connectivity index (χ3n) is 5.50. The smallest absolute Gasteiger partial charge is 0.271 e. The molecule has 2 aromatic heterocycles. The molecule has 152 valence electrons. The summed E-state index contributed by atoms with van der Waals surface area (Å²) in [5.74, 6) is 0.381. The van der Waals surface area contributed by atoms with Crippen LogP contribution in [0, 0.1) is 0 Å². The third kappa shape index (κ3) is 4.19. The quantitative estimate of drug-likeness (QED) is 0.696. The summed E-state index contributed by atoms with van der Waals surface area (Å²) in [5.41, 5.74) is 1.31. The van der Waals surface area contributed by atoms with Crippen LogP contribution in [0.2, 0.25) is 0 Å². The molecule has 0 atom stereocenters. The van der Waals surface area contributed by atoms with E-state index < -0.39 is 0 Å². The van der Waals surface area contributed by atoms with Crippen molar-refractivity contribution in [3.63, 3.8) is 0 Å². The molecule has 0 unspecified atom stereocenters. The lowest BCUT2D eigenvalue weighted by Crippen LogP contribution is -2.38. The molecule has 1 saturated carbocycles. The minimum absolute atomic E-state index is 0.0899. The third-order valence-corrected chi connectivity index (χ3v) is 6.34. The van der Waals surface area contributed by atoms with Crippen LogP contribution in [0.5, 0.6) is 5.75 Å². The molecule has 1 aliphatic rings. The van der Waals surface area contributed by atoms with E-state index >= 15 is 0 Å². The second kappa shape index (κ2) is 8.78. The second-order valence-electron chi connectivity index (χ2n) is 7.46. The number of nitrogens with one attached hydrogen (secondary N) is 1. The molecule has 1 N–H and O–H groups in total. The maximum Gasteiger partial charge on any atom is 0.271 e. The number of hydrogen-bond acceptors (Lipinski definition) is 5. The summed E-state index contributed by atoms with van der Waals surface area (Å²) in [6.45, 7) is 0. The van der Waals surface area contributed by atoms with Crippen molar-refractivity contribution in [3.05, 3.63) is 51.8 Å². The zero-order valence-corrected chi connectivity index (χ0v) is 17.3. The van der Waals surface area contributed by atoms with Crippen LogP contribution >= 0.6 is 11.3 Å². The first-order valence-corrected chi connectivity index (χ1v) is 11.0. The molecule has 2 heterocycles. The molecule has 3 aromatic rings. The van der Waals surface area contributed by atoms with Crippen LogP contribution in [0.3, 0.4) is 0 Å². The number of methoxy groups -OCH3 is 1. The van der Waals surface area contributed by atoms with Gasteiger partial charge in [-0.2, -0.15) is 0 Å². The van der Waals surface area contributed by atoms with Gasteiger partial charge in [-0.25, -0.2) is 4.98 Å². The van der Waals surface area contributed by atoms with E-state index in [1.54, 1.807) is 7.11 Å². The van der Waals surface area contributed by atoms with Crippen molar-refractivity contribution < 1.29 is 9.53 Å². The van der Waals surface area contributed by atoms with Gasteiger partial charge in [0.25, 0.3) is 11.5 Å². The summed E-state index contributed by atoms with van der Waals surface area (Å²) < 4.78 is 6.82. The van der Waals surface area contributed by atoms with Crippen LogP contribution in [-0.4, -0.2) is 28.4 Å². The average molecular weight is 412 g/mol. The molecule has 0 spiro atoms. The molecule has 1 aromatic carbocycles. The van der Waals surface area contributed by atoms with Crippen LogP contribution in [-0.2, 0) is 0 Å². The van der Waals surface area contributed by atoms with E-state index in [9.17, 15) is 9.59 Å². The van der Waals surface area contributed by atoms with E-state index in [1.807, 2.05) is 29.6 Å². The molecule has 0 radical (unpaired) electrons. The van der Waals surface area contributed by atoms with Gasteiger partial charge in [0.15, 0.2) is 4.96 Å². The molecule has 1 amide bonds. The summed E-state index contributed by atoms with van der Waals surface area (Å²) in [5, 5.41) is 4.95. The normalized spacial score (nSPS) is 15.6. The highest BCUT2D eigenvalue weighted by atomic mass is 32.1. The van der Waals surface area contributed by atoms with Crippen LogP contribution in [0.1, 0.15) is 55.3 Å². The Labute approximate surface area is 173 Å². The van der Waals surface area contributed by atoms with Gasteiger partial charge in [0.2, 0.25) is 0 Å². The first-order chi connectivity index (χ1) is 14.2. The van der Waals surface area contributed by atoms with Gasteiger partial charge < -0.3 is 10.1 Å². The summed E-state index contributed by atoms with van der Waals surface area (Å²) in [6.07, 6.45) is 9.27. The molecule has 0 saturated heterocycles. The van der Waals surface area contributed by atoms with Crippen molar-refractivity contribution in [1.82, 2.24) is 14.7 Å². The Kier molecular flexibility index (Phi) is 5.94. The Morgan fingerprint density at radius 2 is 1.97 bits per heavy atom. The number of ether oxygens (including phenoxy) is 1. The fourth-order valence-electron chi connectivity index (χ4n) is 3.90. The minimum atomic E-state index is -0.336. The fraction of sp³-hybridized carbons (Fsp3) is 0.409. The number of thiazole rings is 1. The zero-order chi connectivity index (χ0) is 20.2. The van der Waals surface area contributed by atoms with E-state index in [0.717, 1.165) is 31.2 Å². The number of carbonyl (C=O) groups is 1. The maximum absolute atomic E-state index is 13.2. The van der Waals surface area contributed by atoms with Gasteiger partial charge in [-0.3, -0.25) is 14.0 Å². The van der Waals surface area contributed by atoms with Crippen molar-refractivity contribution >= 4 is 22.2 Å². The summed E-state index contributed by atoms with van der Waals surface area (Å²) in [4.78, 5) is 31.0. The highest BCUT2D eigenvalue weighted by molar-refractivity contribution is 7.15. The molecule has 4 rings (SSSR count). The van der Waals surface area contributed by atoms with Crippen molar-refractivity contribution in [1.29, 1.82) is 0 Å². The van der Waals surface area contributed by atoms with Gasteiger partial charge in [0, 0.05) is 23.2 Å². The van der Waals surface area contributed by atoms with Gasteiger partial charge in [-0.15, -0.1) is 11.3 Å². The number of amides is 1. The van der Waals surface area contributed by atoms with E-state index in [2.05, 4.69) is 10.3 Å². The fourth-order valence-corrected chi connectivity index (χ4v) is 4.75. The SMILES string of the molecule is COc1cccc(-c2csc3ncc(C(=O)NC4CCCCCCC4)c(=O)n23)c1. The average Bonchev–Trinajstić information content (AvgIpc) is 3.15. The summed E-state index contributed by atoms with van der Waals surface area (Å²) in [6, 6.07) is 7.64. The monoisotopic (exact) mass is 411 g/mol. The molecular formula is C22H25N3O3S. The molecule has 1 fully saturated rings. The van der Waals surface area contributed by atoms with Crippen LogP contribution in [0.25, 0.3) is 16.2 Å². The summed E-state index contributed by atoms with van der Waals surface area (Å²) >= 11 is 1.38. The molecule has 7 heteroatoms. The maximum atomic E-state index is 13.2. The lowest BCUT2D eigenvalue weighted by molar-refractivity contribution is 0.0928. The van der Waals surface area contributed by atoms with Gasteiger partial charge in [0.05, 0.1) is 12.8 Å². The Balaban J connectivity index is 1.66. The van der Waals surface area contributed by atoms with E-state index in [0.29, 0.717) is 16.4 Å². The standard InChI is InChI=1S/C22H25N3O3S/c1-28-17-11-7-8-15(12-17)19-14-29-22-23-13-18(21(27)25(19)22)20(26)24-16-9-5-3-2-4-6-10-16/h7-8,11-14,16H,2-6,9-10H2,1H3,(H,24,26). The lowest BCUT2D eigenvalue weighted by atomic mass is 9.96. The van der Waals surface area contributed by atoms with Crippen LogP contribution in [0.4, 0.5) is 0 Å². The Morgan fingerprint density at radius 3 is 2.72 bits per heavy atom. The van der Waals surface area contributed by atoms with Gasteiger partial charge in [0.1, 0.15) is 11.3 Å². The van der Waals surface area contributed by atoms with E-state index in [4.69, 9.17) is 4.74 Å². The molecule has 0 bridgehead atoms. The number of fused-ring (bicyclic) bond motifs is 1. The number of aromatic nitrogens is 2. The summed E-state index contributed by atoms with van der Waals surface area (Å²) in [7, 11) is 1.61. The van der Waals surface area contributed by atoms with Crippen molar-refractivity contribution in [2.75, 3.05) is 7.11 Å². The van der Waals surface area contributed by atoms with Crippen molar-refractivity contribution in [2.45, 2.75) is 51.0 Å². The predicted octanol–water partition coefficient (Wildman–Crippen LogP) is 4.27. The zero-order valence-electron chi connectivity index (χ0n) is 16.5. The largest absolute Gasteiger partial charge is 0.497 e. The Bertz CT molecular complexity index is 1060. The predicted molar refractivity (Wildman–Crippen MR) is 115 cm³/mol. The molecule has 6 nitrogen and oxygen atoms in total. The van der Waals surface area contributed by atoms with Gasteiger partial charge in [-0.05, 0) is 25.0 Å². The van der Waals surface area contributed by atoms with E-state index in [-0.39, 0.29) is 23.1 Å². The van der Waals surface area contributed by atoms with E-state index in [1.165, 1.54) is 41.2 Å². The molecule has 1 aliphatic carbocycles. The van der Waals surface area contributed by atoms with Crippen molar-refractivity contribution in [2.24, 2.45) is 0 Å². The highest BCUT2D eigenvalue weighted by Crippen LogP contribution is 2.27. The number of rotatable bonds is 4. The number of hydrogen-bond donors (Lipinski definition) is 1. The molecular weight excluding hydrogens is 386 g/mol. The first-order valence-electron chi connectivity index (χ1n) is 10.1. The van der Waals surface area contributed by atoms with Crippen LogP contribution < -0.4 is 15.6 Å². The molecule has 29 heavy (non-hydrogen) atoms. The lowest BCUT2D eigenvalue weighted by Gasteiger charge is -2.20. The Hall–Kier alpha value is -2.67. The Morgan fingerprint density at radius 1 is 1.21 bits per heavy atom. The number of carbonyl (C=O) groups excluding carboxylic acids is 1. The van der Waals surface area contributed by atoms with Crippen LogP contribution in [0.15, 0.2) is 40.6 Å². The highest BCUT2D eigenvalue weighted by Gasteiger charge is 2.20. The molecule has 0 aliphatic heterocycles. The number of nitrogens with zero attached hydrogens (tertiary/aromatic N) is 2.